The Balaban J connectivity index is 2.74. The lowest BCUT2D eigenvalue weighted by Crippen LogP contribution is -1.92. The Labute approximate surface area is 90.4 Å². The fourth-order valence-electron chi connectivity index (χ4n) is 1.08. The average Bonchev–Trinajstić information content (AvgIpc) is 2.19. The molecule has 74 valence electrons. The van der Waals surface area contributed by atoms with Crippen molar-refractivity contribution in [2.24, 2.45) is 0 Å². The predicted octanol–water partition coefficient (Wildman–Crippen LogP) is 3.21. The van der Waals surface area contributed by atoms with Gasteiger partial charge in [0.25, 0.3) is 0 Å². The van der Waals surface area contributed by atoms with Gasteiger partial charge in [0.05, 0.1) is 10.5 Å². The Morgan fingerprint density at radius 2 is 2.29 bits per heavy atom. The molecule has 0 unspecified atom stereocenters. The first-order valence-corrected chi connectivity index (χ1v) is 4.91. The van der Waals surface area contributed by atoms with Gasteiger partial charge >= 0.3 is 0 Å². The summed E-state index contributed by atoms with van der Waals surface area (Å²) in [6.45, 7) is -0.837. The molecule has 0 saturated heterocycles. The highest BCUT2D eigenvalue weighted by Gasteiger charge is 2.02. The quantitative estimate of drug-likeness (QED) is 0.830. The second-order valence-corrected chi connectivity index (χ2v) is 3.53. The number of benzene rings is 1. The van der Waals surface area contributed by atoms with Crippen LogP contribution < -0.4 is 4.74 Å². The number of nitrogens with zero attached hydrogens (tertiary/aromatic N) is 1. The first-order chi connectivity index (χ1) is 6.77. The van der Waals surface area contributed by atoms with E-state index in [1.165, 1.54) is 0 Å². The maximum absolute atomic E-state index is 11.9. The zero-order valence-electron chi connectivity index (χ0n) is 7.46. The minimum atomic E-state index is -0.837. The van der Waals surface area contributed by atoms with Crippen LogP contribution in [0.3, 0.4) is 0 Å². The molecule has 1 aromatic rings. The molecular formula is C10H9BrFNO. The molecule has 0 amide bonds. The summed E-state index contributed by atoms with van der Waals surface area (Å²) >= 11 is 3.27. The minimum absolute atomic E-state index is 0.480. The number of aryl methyl sites for hydroxylation is 1. The van der Waals surface area contributed by atoms with Crippen LogP contribution >= 0.6 is 15.9 Å². The van der Waals surface area contributed by atoms with Gasteiger partial charge in [0.1, 0.15) is 5.75 Å². The summed E-state index contributed by atoms with van der Waals surface area (Å²) in [5.74, 6) is 0.480. The zero-order chi connectivity index (χ0) is 10.4. The Hall–Kier alpha value is -1.08. The van der Waals surface area contributed by atoms with E-state index >= 15 is 0 Å². The zero-order valence-corrected chi connectivity index (χ0v) is 9.05. The Morgan fingerprint density at radius 1 is 1.50 bits per heavy atom. The summed E-state index contributed by atoms with van der Waals surface area (Å²) in [6.07, 6.45) is 1.18. The smallest absolute Gasteiger partial charge is 0.228 e. The third kappa shape index (κ3) is 3.00. The molecule has 0 fully saturated rings. The number of ether oxygens (including phenoxy) is 1. The minimum Gasteiger partial charge on any atom is -0.462 e. The van der Waals surface area contributed by atoms with E-state index < -0.39 is 6.86 Å². The van der Waals surface area contributed by atoms with Crippen molar-refractivity contribution in [1.29, 1.82) is 5.26 Å². The Bertz CT molecular complexity index is 348. The molecule has 0 N–H and O–H groups in total. The number of rotatable bonds is 4. The van der Waals surface area contributed by atoms with E-state index in [4.69, 9.17) is 10.00 Å². The van der Waals surface area contributed by atoms with Crippen LogP contribution in [0.4, 0.5) is 4.39 Å². The molecular weight excluding hydrogens is 249 g/mol. The van der Waals surface area contributed by atoms with E-state index in [1.54, 1.807) is 6.07 Å². The summed E-state index contributed by atoms with van der Waals surface area (Å²) in [6, 6.07) is 7.42. The highest BCUT2D eigenvalue weighted by molar-refractivity contribution is 9.10. The van der Waals surface area contributed by atoms with Crippen molar-refractivity contribution in [3.63, 3.8) is 0 Å². The molecule has 0 heterocycles. The van der Waals surface area contributed by atoms with Gasteiger partial charge in [0.2, 0.25) is 6.86 Å². The lowest BCUT2D eigenvalue weighted by molar-refractivity contribution is 0.190. The van der Waals surface area contributed by atoms with Crippen molar-refractivity contribution in [3.05, 3.63) is 28.2 Å². The van der Waals surface area contributed by atoms with Crippen LogP contribution in [0.1, 0.15) is 12.0 Å². The third-order valence-corrected chi connectivity index (χ3v) is 2.35. The van der Waals surface area contributed by atoms with E-state index in [9.17, 15) is 4.39 Å². The van der Waals surface area contributed by atoms with Gasteiger partial charge in [-0.05, 0) is 40.0 Å². The molecule has 14 heavy (non-hydrogen) atoms. The topological polar surface area (TPSA) is 33.0 Å². The number of alkyl halides is 1. The fraction of sp³-hybridized carbons (Fsp3) is 0.300. The third-order valence-electron chi connectivity index (χ3n) is 1.73. The van der Waals surface area contributed by atoms with E-state index in [0.717, 1.165) is 5.56 Å². The van der Waals surface area contributed by atoms with Crippen LogP contribution in [0.15, 0.2) is 22.7 Å². The molecule has 0 spiro atoms. The highest BCUT2D eigenvalue weighted by atomic mass is 79.9. The molecule has 2 nitrogen and oxygen atoms in total. The standard InChI is InChI=1S/C10H9BrFNO/c11-9-6-8(2-1-5-13)3-4-10(9)14-7-12/h3-4,6H,1-2,7H2. The number of hydrogen-bond donors (Lipinski definition) is 0. The van der Waals surface area contributed by atoms with Crippen LogP contribution in [0, 0.1) is 11.3 Å². The van der Waals surface area contributed by atoms with Gasteiger partial charge < -0.3 is 4.74 Å². The van der Waals surface area contributed by atoms with Gasteiger partial charge in [0, 0.05) is 6.42 Å². The molecule has 0 aliphatic carbocycles. The monoisotopic (exact) mass is 257 g/mol. The largest absolute Gasteiger partial charge is 0.462 e. The average molecular weight is 258 g/mol. The molecule has 0 bridgehead atoms. The molecule has 0 aliphatic rings. The van der Waals surface area contributed by atoms with Crippen LogP contribution in [0.2, 0.25) is 0 Å². The summed E-state index contributed by atoms with van der Waals surface area (Å²) in [4.78, 5) is 0. The first-order valence-electron chi connectivity index (χ1n) is 4.12. The van der Waals surface area contributed by atoms with E-state index in [1.807, 2.05) is 12.1 Å². The molecule has 0 atom stereocenters. The molecule has 1 rings (SSSR count). The van der Waals surface area contributed by atoms with E-state index in [0.29, 0.717) is 23.1 Å². The van der Waals surface area contributed by atoms with Gasteiger partial charge in [-0.2, -0.15) is 5.26 Å². The Kier molecular flexibility index (Phi) is 4.41. The second-order valence-electron chi connectivity index (χ2n) is 2.68. The summed E-state index contributed by atoms with van der Waals surface area (Å²) in [7, 11) is 0. The fourth-order valence-corrected chi connectivity index (χ4v) is 1.62. The molecule has 0 radical (unpaired) electrons. The van der Waals surface area contributed by atoms with Crippen molar-refractivity contribution in [1.82, 2.24) is 0 Å². The number of nitriles is 1. The van der Waals surface area contributed by atoms with E-state index in [-0.39, 0.29) is 0 Å². The molecule has 1 aromatic carbocycles. The van der Waals surface area contributed by atoms with Crippen molar-refractivity contribution >= 4 is 15.9 Å². The molecule has 0 aliphatic heterocycles. The predicted molar refractivity (Wildman–Crippen MR) is 54.7 cm³/mol. The maximum atomic E-state index is 11.9. The first kappa shape index (κ1) is 11.0. The SMILES string of the molecule is N#CCCc1ccc(OCF)c(Br)c1. The molecule has 0 saturated carbocycles. The lowest BCUT2D eigenvalue weighted by Gasteiger charge is -2.05. The van der Waals surface area contributed by atoms with Crippen molar-refractivity contribution in [3.8, 4) is 11.8 Å². The van der Waals surface area contributed by atoms with Crippen molar-refractivity contribution in [2.45, 2.75) is 12.8 Å². The summed E-state index contributed by atoms with van der Waals surface area (Å²) in [5.41, 5.74) is 1.03. The van der Waals surface area contributed by atoms with Crippen LogP contribution in [-0.2, 0) is 6.42 Å². The summed E-state index contributed by atoms with van der Waals surface area (Å²) < 4.78 is 17.3. The molecule has 0 aromatic heterocycles. The number of hydrogen-bond acceptors (Lipinski definition) is 2. The van der Waals surface area contributed by atoms with Crippen LogP contribution in [0.25, 0.3) is 0 Å². The number of halogens is 2. The van der Waals surface area contributed by atoms with Gasteiger partial charge in [0.15, 0.2) is 0 Å². The highest BCUT2D eigenvalue weighted by Crippen LogP contribution is 2.26. The molecule has 4 heteroatoms. The Morgan fingerprint density at radius 3 is 2.86 bits per heavy atom. The second kappa shape index (κ2) is 5.61. The van der Waals surface area contributed by atoms with Gasteiger partial charge in [-0.25, -0.2) is 4.39 Å². The van der Waals surface area contributed by atoms with Crippen molar-refractivity contribution < 1.29 is 9.13 Å². The maximum Gasteiger partial charge on any atom is 0.228 e. The van der Waals surface area contributed by atoms with E-state index in [2.05, 4.69) is 22.0 Å². The van der Waals surface area contributed by atoms with Crippen molar-refractivity contribution in [2.75, 3.05) is 6.86 Å². The van der Waals surface area contributed by atoms with Crippen LogP contribution in [0.5, 0.6) is 5.75 Å². The van der Waals surface area contributed by atoms with Gasteiger partial charge in [-0.15, -0.1) is 0 Å². The normalized spacial score (nSPS) is 9.50. The lowest BCUT2D eigenvalue weighted by atomic mass is 10.1. The summed E-state index contributed by atoms with van der Waals surface area (Å²) in [5, 5.41) is 8.40. The van der Waals surface area contributed by atoms with Gasteiger partial charge in [-0.1, -0.05) is 6.07 Å². The van der Waals surface area contributed by atoms with Crippen LogP contribution in [-0.4, -0.2) is 6.86 Å². The van der Waals surface area contributed by atoms with Gasteiger partial charge in [-0.3, -0.25) is 0 Å².